The number of nitrogen functional groups attached to an aromatic ring is 1. The van der Waals surface area contributed by atoms with Gasteiger partial charge in [0.05, 0.1) is 6.61 Å². The SMILES string of the molecule is CCOC(=O)Nc1ccc(C=Cc2ccc(N)cc2S(=O)(=O)O)c(S(=O)(=O)O)c1. The second kappa shape index (κ2) is 8.61. The maximum Gasteiger partial charge on any atom is 0.411 e. The standard InChI is InChI=1S/C17H18N2O8S2/c1-2-27-17(20)19-14-8-6-12(16(10-14)29(24,25)26)4-3-11-5-7-13(18)9-15(11)28(21,22)23/h3-10H,2,18H2,1H3,(H,19,20)(H,21,22,23)(H,24,25,26). The topological polar surface area (TPSA) is 173 Å². The lowest BCUT2D eigenvalue weighted by molar-refractivity contribution is 0.168. The van der Waals surface area contributed by atoms with E-state index in [1.54, 1.807) is 6.92 Å². The number of nitrogens with two attached hydrogens (primary N) is 1. The number of benzene rings is 2. The molecule has 0 aliphatic rings. The predicted molar refractivity (Wildman–Crippen MR) is 106 cm³/mol. The fraction of sp³-hybridized carbons (Fsp3) is 0.118. The summed E-state index contributed by atoms with van der Waals surface area (Å²) in [6.45, 7) is 1.70. The Hall–Kier alpha value is -2.93. The first-order chi connectivity index (χ1) is 13.4. The number of rotatable bonds is 6. The number of ether oxygens (including phenoxy) is 1. The molecule has 0 aliphatic carbocycles. The first-order valence-corrected chi connectivity index (χ1v) is 10.9. The Balaban J connectivity index is 2.50. The van der Waals surface area contributed by atoms with E-state index in [1.165, 1.54) is 36.4 Å². The van der Waals surface area contributed by atoms with Crippen LogP contribution in [0.3, 0.4) is 0 Å². The van der Waals surface area contributed by atoms with Crippen LogP contribution in [0.25, 0.3) is 12.2 Å². The molecule has 0 fully saturated rings. The van der Waals surface area contributed by atoms with Gasteiger partial charge in [-0.25, -0.2) is 4.79 Å². The monoisotopic (exact) mass is 442 g/mol. The Labute approximate surface area is 167 Å². The lowest BCUT2D eigenvalue weighted by Crippen LogP contribution is -2.14. The lowest BCUT2D eigenvalue weighted by atomic mass is 10.1. The van der Waals surface area contributed by atoms with Crippen molar-refractivity contribution in [3.63, 3.8) is 0 Å². The number of amides is 1. The number of carbonyl (C=O) groups excluding carboxylic acids is 1. The van der Waals surface area contributed by atoms with E-state index in [-0.39, 0.29) is 29.1 Å². The van der Waals surface area contributed by atoms with Gasteiger partial charge in [-0.1, -0.05) is 24.3 Å². The van der Waals surface area contributed by atoms with Gasteiger partial charge in [-0.3, -0.25) is 14.4 Å². The highest BCUT2D eigenvalue weighted by molar-refractivity contribution is 7.86. The smallest absolute Gasteiger partial charge is 0.411 e. The molecule has 2 rings (SSSR count). The maximum absolute atomic E-state index is 11.7. The normalized spacial score (nSPS) is 12.1. The van der Waals surface area contributed by atoms with Gasteiger partial charge in [0.15, 0.2) is 0 Å². The second-order valence-corrected chi connectivity index (χ2v) is 8.46. The molecule has 0 saturated heterocycles. The summed E-state index contributed by atoms with van der Waals surface area (Å²) in [7, 11) is -9.27. The van der Waals surface area contributed by atoms with E-state index in [2.05, 4.69) is 5.32 Å². The van der Waals surface area contributed by atoms with Crippen LogP contribution in [0.5, 0.6) is 0 Å². The number of nitrogens with one attached hydrogen (secondary N) is 1. The van der Waals surface area contributed by atoms with E-state index >= 15 is 0 Å². The Kier molecular flexibility index (Phi) is 6.64. The molecule has 2 aromatic rings. The van der Waals surface area contributed by atoms with E-state index in [4.69, 9.17) is 10.5 Å². The minimum Gasteiger partial charge on any atom is -0.450 e. The number of hydrogen-bond acceptors (Lipinski definition) is 7. The van der Waals surface area contributed by atoms with Crippen molar-refractivity contribution >= 4 is 49.9 Å². The molecule has 0 unspecified atom stereocenters. The van der Waals surface area contributed by atoms with E-state index in [1.807, 2.05) is 0 Å². The van der Waals surface area contributed by atoms with Crippen LogP contribution in [0.15, 0.2) is 46.2 Å². The zero-order valence-corrected chi connectivity index (χ0v) is 16.7. The molecule has 0 bridgehead atoms. The van der Waals surface area contributed by atoms with Crippen LogP contribution < -0.4 is 11.1 Å². The van der Waals surface area contributed by atoms with Crippen LogP contribution in [0, 0.1) is 0 Å². The van der Waals surface area contributed by atoms with Gasteiger partial charge >= 0.3 is 6.09 Å². The lowest BCUT2D eigenvalue weighted by Gasteiger charge is -2.09. The van der Waals surface area contributed by atoms with Crippen molar-refractivity contribution in [2.45, 2.75) is 16.7 Å². The number of hydrogen-bond donors (Lipinski definition) is 4. The second-order valence-electron chi connectivity index (χ2n) is 5.68. The van der Waals surface area contributed by atoms with E-state index in [0.717, 1.165) is 12.1 Å². The summed E-state index contributed by atoms with van der Waals surface area (Å²) in [5.41, 5.74) is 5.73. The van der Waals surface area contributed by atoms with Gasteiger partial charge in [-0.05, 0) is 42.3 Å². The number of carbonyl (C=O) groups is 1. The molecule has 0 saturated carbocycles. The Morgan fingerprint density at radius 2 is 1.52 bits per heavy atom. The highest BCUT2D eigenvalue weighted by atomic mass is 32.2. The molecule has 29 heavy (non-hydrogen) atoms. The fourth-order valence-corrected chi connectivity index (χ4v) is 3.78. The molecule has 0 atom stereocenters. The van der Waals surface area contributed by atoms with Crippen LogP contribution in [0.4, 0.5) is 16.2 Å². The van der Waals surface area contributed by atoms with Crippen molar-refractivity contribution in [1.29, 1.82) is 0 Å². The molecule has 2 aromatic carbocycles. The fourth-order valence-electron chi connectivity index (χ4n) is 2.35. The summed E-state index contributed by atoms with van der Waals surface area (Å²) in [5.74, 6) is 0. The van der Waals surface area contributed by atoms with Crippen LogP contribution in [0.2, 0.25) is 0 Å². The van der Waals surface area contributed by atoms with Gasteiger partial charge in [0, 0.05) is 11.4 Å². The Morgan fingerprint density at radius 1 is 1.00 bits per heavy atom. The van der Waals surface area contributed by atoms with Gasteiger partial charge in [0.25, 0.3) is 20.2 Å². The predicted octanol–water partition coefficient (Wildman–Crippen LogP) is 2.50. The highest BCUT2D eigenvalue weighted by Gasteiger charge is 2.17. The molecular formula is C17H18N2O8S2. The zero-order valence-electron chi connectivity index (χ0n) is 15.1. The van der Waals surface area contributed by atoms with E-state index < -0.39 is 36.1 Å². The van der Waals surface area contributed by atoms with Gasteiger partial charge in [-0.2, -0.15) is 16.8 Å². The molecule has 0 heterocycles. The third-order valence-electron chi connectivity index (χ3n) is 3.57. The van der Waals surface area contributed by atoms with Crippen molar-refractivity contribution in [1.82, 2.24) is 0 Å². The maximum atomic E-state index is 11.7. The molecule has 1 amide bonds. The van der Waals surface area contributed by atoms with Crippen molar-refractivity contribution < 1.29 is 35.5 Å². The van der Waals surface area contributed by atoms with E-state index in [0.29, 0.717) is 0 Å². The summed E-state index contributed by atoms with van der Waals surface area (Å²) >= 11 is 0. The Morgan fingerprint density at radius 3 is 2.03 bits per heavy atom. The van der Waals surface area contributed by atoms with Gasteiger partial charge in [0.1, 0.15) is 9.79 Å². The summed E-state index contributed by atoms with van der Waals surface area (Å²) in [5, 5.41) is 2.30. The summed E-state index contributed by atoms with van der Waals surface area (Å²) in [6.07, 6.45) is 1.64. The molecule has 0 spiro atoms. The summed E-state index contributed by atoms with van der Waals surface area (Å²) in [6, 6.07) is 7.41. The molecule has 0 radical (unpaired) electrons. The molecule has 12 heteroatoms. The minimum atomic E-state index is -4.68. The summed E-state index contributed by atoms with van der Waals surface area (Å²) in [4.78, 5) is 10.5. The molecule has 0 aromatic heterocycles. The van der Waals surface area contributed by atoms with Crippen molar-refractivity contribution in [3.05, 3.63) is 47.5 Å². The third kappa shape index (κ3) is 6.02. The van der Waals surface area contributed by atoms with Gasteiger partial charge in [-0.15, -0.1) is 0 Å². The van der Waals surface area contributed by atoms with Crippen LogP contribution in [-0.4, -0.2) is 38.6 Å². The minimum absolute atomic E-state index is 0.0000200. The average Bonchev–Trinajstić information content (AvgIpc) is 2.60. The molecule has 5 N–H and O–H groups in total. The first-order valence-electron chi connectivity index (χ1n) is 8.02. The van der Waals surface area contributed by atoms with Crippen LogP contribution in [-0.2, 0) is 25.0 Å². The van der Waals surface area contributed by atoms with Crippen molar-refractivity contribution in [3.8, 4) is 0 Å². The molecule has 0 aliphatic heterocycles. The molecule has 10 nitrogen and oxygen atoms in total. The van der Waals surface area contributed by atoms with Crippen molar-refractivity contribution in [2.75, 3.05) is 17.7 Å². The van der Waals surface area contributed by atoms with E-state index in [9.17, 15) is 30.7 Å². The quantitative estimate of drug-likeness (QED) is 0.298. The zero-order chi connectivity index (χ0) is 21.8. The highest BCUT2D eigenvalue weighted by Crippen LogP contribution is 2.25. The van der Waals surface area contributed by atoms with Crippen LogP contribution >= 0.6 is 0 Å². The first kappa shape index (κ1) is 22.4. The number of anilines is 2. The summed E-state index contributed by atoms with van der Waals surface area (Å²) < 4.78 is 70.0. The average molecular weight is 442 g/mol. The van der Waals surface area contributed by atoms with Gasteiger partial charge in [0.2, 0.25) is 0 Å². The van der Waals surface area contributed by atoms with Gasteiger partial charge < -0.3 is 10.5 Å². The molecular weight excluding hydrogens is 424 g/mol. The largest absolute Gasteiger partial charge is 0.450 e. The Bertz CT molecular complexity index is 1170. The van der Waals surface area contributed by atoms with Crippen LogP contribution in [0.1, 0.15) is 18.1 Å². The third-order valence-corrected chi connectivity index (χ3v) is 5.39. The van der Waals surface area contributed by atoms with Crippen molar-refractivity contribution in [2.24, 2.45) is 0 Å². The molecule has 156 valence electrons.